The maximum absolute atomic E-state index is 6.17. The number of hydrogen-bond donors (Lipinski definition) is 0. The molecule has 0 aliphatic rings. The number of fused-ring (bicyclic) bond motifs is 4. The Labute approximate surface area is 270 Å². The number of hydrogen-bond acceptors (Lipinski definition) is 6. The van der Waals surface area contributed by atoms with Crippen LogP contribution in [0.25, 0.3) is 89.4 Å². The van der Waals surface area contributed by atoms with Crippen LogP contribution < -0.4 is 0 Å². The quantitative estimate of drug-likeness (QED) is 0.195. The SMILES string of the molecule is c1ccc(-c2nc(-c3ccccc3)nc(-c3cccc(-c4ccc(-c5nccc6oc7ccccc7c56)c5ncccc45)c3)n2)cc1. The third kappa shape index (κ3) is 4.71. The van der Waals surface area contributed by atoms with E-state index >= 15 is 0 Å². The molecule has 0 bridgehead atoms. The molecule has 0 atom stereocenters. The van der Waals surface area contributed by atoms with Crippen LogP contribution in [0.4, 0.5) is 0 Å². The highest BCUT2D eigenvalue weighted by Crippen LogP contribution is 2.40. The zero-order valence-electron chi connectivity index (χ0n) is 25.1. The van der Waals surface area contributed by atoms with Gasteiger partial charge in [0.05, 0.1) is 16.6 Å². The molecule has 0 spiro atoms. The molecule has 0 saturated carbocycles. The lowest BCUT2D eigenvalue weighted by Crippen LogP contribution is -2.00. The Morgan fingerprint density at radius 3 is 1.79 bits per heavy atom. The first kappa shape index (κ1) is 26.8. The molecule has 0 N–H and O–H groups in total. The van der Waals surface area contributed by atoms with Crippen molar-refractivity contribution >= 4 is 32.8 Å². The van der Waals surface area contributed by atoms with Gasteiger partial charge < -0.3 is 4.42 Å². The van der Waals surface area contributed by atoms with Crippen molar-refractivity contribution in [2.75, 3.05) is 0 Å². The largest absolute Gasteiger partial charge is 0.456 e. The summed E-state index contributed by atoms with van der Waals surface area (Å²) in [6, 6.07) is 46.8. The van der Waals surface area contributed by atoms with Crippen LogP contribution in [0.5, 0.6) is 0 Å². The average Bonchev–Trinajstić information content (AvgIpc) is 3.54. The van der Waals surface area contributed by atoms with Crippen LogP contribution in [0, 0.1) is 0 Å². The number of furan rings is 1. The van der Waals surface area contributed by atoms with Gasteiger partial charge in [0.15, 0.2) is 17.5 Å². The number of para-hydroxylation sites is 1. The molecule has 0 radical (unpaired) electrons. The molecule has 6 nitrogen and oxygen atoms in total. The van der Waals surface area contributed by atoms with Crippen LogP contribution in [-0.2, 0) is 0 Å². The van der Waals surface area contributed by atoms with E-state index in [1.54, 1.807) is 6.20 Å². The molecule has 47 heavy (non-hydrogen) atoms. The lowest BCUT2D eigenvalue weighted by Gasteiger charge is -2.13. The lowest BCUT2D eigenvalue weighted by molar-refractivity contribution is 0.668. The third-order valence-electron chi connectivity index (χ3n) is 8.45. The highest BCUT2D eigenvalue weighted by atomic mass is 16.3. The van der Waals surface area contributed by atoms with E-state index in [-0.39, 0.29) is 0 Å². The van der Waals surface area contributed by atoms with Crippen LogP contribution >= 0.6 is 0 Å². The predicted octanol–water partition coefficient (Wildman–Crippen LogP) is 10.0. The minimum Gasteiger partial charge on any atom is -0.456 e. The van der Waals surface area contributed by atoms with Crippen molar-refractivity contribution in [1.29, 1.82) is 0 Å². The molecule has 220 valence electrons. The smallest absolute Gasteiger partial charge is 0.164 e. The Hall–Kier alpha value is -6.53. The van der Waals surface area contributed by atoms with E-state index in [0.717, 1.165) is 71.9 Å². The Balaban J connectivity index is 1.20. The van der Waals surface area contributed by atoms with E-state index in [0.29, 0.717) is 17.5 Å². The van der Waals surface area contributed by atoms with E-state index < -0.39 is 0 Å². The first-order valence-electron chi connectivity index (χ1n) is 15.4. The second-order valence-corrected chi connectivity index (χ2v) is 11.3. The zero-order valence-corrected chi connectivity index (χ0v) is 25.1. The van der Waals surface area contributed by atoms with Gasteiger partial charge in [-0.2, -0.15) is 0 Å². The topological polar surface area (TPSA) is 77.6 Å². The predicted molar refractivity (Wildman–Crippen MR) is 187 cm³/mol. The summed E-state index contributed by atoms with van der Waals surface area (Å²) in [4.78, 5) is 24.5. The summed E-state index contributed by atoms with van der Waals surface area (Å²) in [6.07, 6.45) is 3.63. The molecule has 9 aromatic rings. The molecular weight excluding hydrogens is 578 g/mol. The summed E-state index contributed by atoms with van der Waals surface area (Å²) in [5.74, 6) is 1.88. The third-order valence-corrected chi connectivity index (χ3v) is 8.45. The Morgan fingerprint density at radius 1 is 0.404 bits per heavy atom. The van der Waals surface area contributed by atoms with Crippen molar-refractivity contribution in [3.63, 3.8) is 0 Å². The second kappa shape index (κ2) is 11.1. The van der Waals surface area contributed by atoms with E-state index in [4.69, 9.17) is 29.3 Å². The maximum atomic E-state index is 6.17. The first-order valence-corrected chi connectivity index (χ1v) is 15.4. The molecule has 0 fully saturated rings. The summed E-state index contributed by atoms with van der Waals surface area (Å²) < 4.78 is 6.17. The van der Waals surface area contributed by atoms with Gasteiger partial charge in [-0.15, -0.1) is 0 Å². The zero-order chi connectivity index (χ0) is 31.2. The summed E-state index contributed by atoms with van der Waals surface area (Å²) in [5.41, 5.74) is 9.19. The highest BCUT2D eigenvalue weighted by Gasteiger charge is 2.18. The number of benzene rings is 5. The van der Waals surface area contributed by atoms with Gasteiger partial charge in [0, 0.05) is 45.4 Å². The number of rotatable bonds is 5. The summed E-state index contributed by atoms with van der Waals surface area (Å²) in [5, 5.41) is 3.05. The second-order valence-electron chi connectivity index (χ2n) is 11.3. The average molecular weight is 604 g/mol. The van der Waals surface area contributed by atoms with Crippen molar-refractivity contribution < 1.29 is 4.42 Å². The molecule has 6 heteroatoms. The standard InChI is InChI=1S/C41H25N5O/c1-3-11-26(12-4-1)39-44-40(27-13-5-2-6-14-27)46-41(45-39)29-16-9-15-28(25-29)30-20-21-33(37-31(30)18-10-23-42-37)38-36-32-17-7-8-19-34(32)47-35(36)22-24-43-38/h1-25H. The van der Waals surface area contributed by atoms with Gasteiger partial charge in [0.2, 0.25) is 0 Å². The highest BCUT2D eigenvalue weighted by molar-refractivity contribution is 6.14. The van der Waals surface area contributed by atoms with Gasteiger partial charge in [-0.3, -0.25) is 9.97 Å². The Kier molecular flexibility index (Phi) is 6.35. The van der Waals surface area contributed by atoms with Crippen molar-refractivity contribution in [2.24, 2.45) is 0 Å². The number of pyridine rings is 2. The van der Waals surface area contributed by atoms with Crippen molar-refractivity contribution in [2.45, 2.75) is 0 Å². The van der Waals surface area contributed by atoms with E-state index in [1.165, 1.54) is 0 Å². The number of nitrogens with zero attached hydrogens (tertiary/aromatic N) is 5. The van der Waals surface area contributed by atoms with E-state index in [2.05, 4.69) is 42.5 Å². The molecule has 4 heterocycles. The molecule has 0 unspecified atom stereocenters. The maximum Gasteiger partial charge on any atom is 0.164 e. The lowest BCUT2D eigenvalue weighted by atomic mass is 9.94. The normalized spacial score (nSPS) is 11.4. The number of aromatic nitrogens is 5. The van der Waals surface area contributed by atoms with Crippen molar-refractivity contribution in [1.82, 2.24) is 24.9 Å². The fourth-order valence-electron chi connectivity index (χ4n) is 6.25. The van der Waals surface area contributed by atoms with Crippen LogP contribution in [0.15, 0.2) is 156 Å². The van der Waals surface area contributed by atoms with E-state index in [1.807, 2.05) is 103 Å². The van der Waals surface area contributed by atoms with Gasteiger partial charge in [0.1, 0.15) is 11.2 Å². The minimum atomic E-state index is 0.612. The van der Waals surface area contributed by atoms with Crippen LogP contribution in [0.1, 0.15) is 0 Å². The molecule has 4 aromatic heterocycles. The first-order chi connectivity index (χ1) is 23.3. The molecule has 5 aromatic carbocycles. The van der Waals surface area contributed by atoms with Crippen LogP contribution in [0.3, 0.4) is 0 Å². The Morgan fingerprint density at radius 2 is 1.02 bits per heavy atom. The summed E-state index contributed by atoms with van der Waals surface area (Å²) >= 11 is 0. The van der Waals surface area contributed by atoms with Crippen LogP contribution in [-0.4, -0.2) is 24.9 Å². The monoisotopic (exact) mass is 603 g/mol. The van der Waals surface area contributed by atoms with Crippen molar-refractivity contribution in [3.05, 3.63) is 152 Å². The minimum absolute atomic E-state index is 0.612. The summed E-state index contributed by atoms with van der Waals surface area (Å²) in [7, 11) is 0. The molecular formula is C41H25N5O. The molecule has 9 rings (SSSR count). The van der Waals surface area contributed by atoms with Gasteiger partial charge in [0.25, 0.3) is 0 Å². The Bertz CT molecular complexity index is 2520. The van der Waals surface area contributed by atoms with Gasteiger partial charge in [-0.1, -0.05) is 109 Å². The molecule has 0 aliphatic carbocycles. The fraction of sp³-hybridized carbons (Fsp3) is 0. The molecule has 0 amide bonds. The summed E-state index contributed by atoms with van der Waals surface area (Å²) in [6.45, 7) is 0. The van der Waals surface area contributed by atoms with Gasteiger partial charge in [-0.25, -0.2) is 15.0 Å². The van der Waals surface area contributed by atoms with E-state index in [9.17, 15) is 0 Å². The molecule has 0 saturated heterocycles. The van der Waals surface area contributed by atoms with Crippen LogP contribution in [0.2, 0.25) is 0 Å². The van der Waals surface area contributed by atoms with Gasteiger partial charge >= 0.3 is 0 Å². The fourth-order valence-corrected chi connectivity index (χ4v) is 6.25. The van der Waals surface area contributed by atoms with Gasteiger partial charge in [-0.05, 0) is 41.5 Å². The molecule has 0 aliphatic heterocycles. The van der Waals surface area contributed by atoms with Crippen molar-refractivity contribution in [3.8, 4) is 56.5 Å².